The Kier molecular flexibility index (Phi) is 6.73. The molecule has 1 fully saturated rings. The Balaban J connectivity index is 0.00000261. The zero-order chi connectivity index (χ0) is 18.7. The smallest absolute Gasteiger partial charge is 0.355 e. The fourth-order valence-corrected chi connectivity index (χ4v) is 3.07. The van der Waals surface area contributed by atoms with Gasteiger partial charge in [-0.25, -0.2) is 0 Å². The molecular weight excluding hydrogens is 379 g/mol. The molecule has 4 nitrogen and oxygen atoms in total. The van der Waals surface area contributed by atoms with Gasteiger partial charge in [0.25, 0.3) is 5.91 Å². The van der Waals surface area contributed by atoms with E-state index in [4.69, 9.17) is 5.73 Å². The zero-order valence-electron chi connectivity index (χ0n) is 14.5. The molecule has 27 heavy (non-hydrogen) atoms. The minimum atomic E-state index is -4.42. The van der Waals surface area contributed by atoms with E-state index in [0.717, 1.165) is 25.0 Å². The van der Waals surface area contributed by atoms with Gasteiger partial charge in [0.2, 0.25) is 0 Å². The average molecular weight is 400 g/mol. The van der Waals surface area contributed by atoms with Gasteiger partial charge in [-0.15, -0.1) is 12.4 Å². The number of carbonyl (C=O) groups excluding carboxylic acids is 1. The normalized spacial score (nSPS) is 17.2. The van der Waals surface area contributed by atoms with Crippen LogP contribution in [0.5, 0.6) is 0 Å². The molecule has 146 valence electrons. The van der Waals surface area contributed by atoms with Crippen molar-refractivity contribution < 1.29 is 18.0 Å². The molecule has 0 aromatic heterocycles. The second-order valence-electron chi connectivity index (χ2n) is 6.40. The highest BCUT2D eigenvalue weighted by molar-refractivity contribution is 6.00. The van der Waals surface area contributed by atoms with E-state index in [1.165, 1.54) is 12.1 Å². The first kappa shape index (κ1) is 21.1. The van der Waals surface area contributed by atoms with E-state index in [1.54, 1.807) is 29.2 Å². The van der Waals surface area contributed by atoms with Crippen LogP contribution in [0.2, 0.25) is 0 Å². The average Bonchev–Trinajstić information content (AvgIpc) is 2.61. The Morgan fingerprint density at radius 2 is 1.89 bits per heavy atom. The maximum Gasteiger partial charge on any atom is 0.416 e. The lowest BCUT2D eigenvalue weighted by Crippen LogP contribution is -2.45. The van der Waals surface area contributed by atoms with Gasteiger partial charge in [0.15, 0.2) is 0 Å². The quantitative estimate of drug-likeness (QED) is 0.802. The predicted octanol–water partition coefficient (Wildman–Crippen LogP) is 4.43. The molecule has 2 aromatic carbocycles. The molecule has 0 aliphatic carbocycles. The van der Waals surface area contributed by atoms with Gasteiger partial charge in [0.1, 0.15) is 0 Å². The number of anilines is 2. The van der Waals surface area contributed by atoms with Crippen molar-refractivity contribution in [3.63, 3.8) is 0 Å². The molecule has 1 aliphatic rings. The Bertz CT molecular complexity index is 798. The van der Waals surface area contributed by atoms with Crippen LogP contribution >= 0.6 is 12.4 Å². The third kappa shape index (κ3) is 5.14. The fraction of sp³-hybridized carbons (Fsp3) is 0.316. The van der Waals surface area contributed by atoms with Crippen molar-refractivity contribution in [3.05, 3.63) is 59.7 Å². The number of carbonyl (C=O) groups is 1. The van der Waals surface area contributed by atoms with Crippen LogP contribution in [-0.2, 0) is 6.18 Å². The standard InChI is InChI=1S/C19H20F3N3O.ClH/c20-19(21,22)13-5-3-7-15(11-13)24-17-9-2-1-8-16(17)18(26)25-10-4-6-14(23)12-25;/h1-3,5,7-9,11,14,24H,4,6,10,12,23H2;1H. The van der Waals surface area contributed by atoms with Gasteiger partial charge in [-0.1, -0.05) is 18.2 Å². The monoisotopic (exact) mass is 399 g/mol. The number of alkyl halides is 3. The molecule has 8 heteroatoms. The number of hydrogen-bond donors (Lipinski definition) is 2. The van der Waals surface area contributed by atoms with Crippen molar-refractivity contribution >= 4 is 29.7 Å². The van der Waals surface area contributed by atoms with E-state index >= 15 is 0 Å². The van der Waals surface area contributed by atoms with Crippen LogP contribution < -0.4 is 11.1 Å². The van der Waals surface area contributed by atoms with Gasteiger partial charge in [-0.2, -0.15) is 13.2 Å². The van der Waals surface area contributed by atoms with Gasteiger partial charge in [-0.3, -0.25) is 4.79 Å². The number of hydrogen-bond acceptors (Lipinski definition) is 3. The lowest BCUT2D eigenvalue weighted by molar-refractivity contribution is -0.137. The highest BCUT2D eigenvalue weighted by Crippen LogP contribution is 2.32. The van der Waals surface area contributed by atoms with Gasteiger partial charge < -0.3 is 16.0 Å². The van der Waals surface area contributed by atoms with E-state index in [0.29, 0.717) is 24.3 Å². The summed E-state index contributed by atoms with van der Waals surface area (Å²) in [4.78, 5) is 14.5. The molecule has 0 bridgehead atoms. The molecule has 3 rings (SSSR count). The topological polar surface area (TPSA) is 58.4 Å². The van der Waals surface area contributed by atoms with E-state index in [-0.39, 0.29) is 30.0 Å². The van der Waals surface area contributed by atoms with Gasteiger partial charge in [-0.05, 0) is 43.2 Å². The van der Waals surface area contributed by atoms with Gasteiger partial charge >= 0.3 is 6.18 Å². The Morgan fingerprint density at radius 3 is 2.59 bits per heavy atom. The number of amides is 1. The summed E-state index contributed by atoms with van der Waals surface area (Å²) < 4.78 is 38.7. The van der Waals surface area contributed by atoms with E-state index < -0.39 is 11.7 Å². The van der Waals surface area contributed by atoms with E-state index in [2.05, 4.69) is 5.32 Å². The maximum absolute atomic E-state index is 12.9. The first-order valence-electron chi connectivity index (χ1n) is 8.43. The summed E-state index contributed by atoms with van der Waals surface area (Å²) in [5, 5.41) is 2.94. The van der Waals surface area contributed by atoms with Crippen molar-refractivity contribution in [1.82, 2.24) is 4.90 Å². The third-order valence-corrected chi connectivity index (χ3v) is 4.37. The Labute approximate surface area is 161 Å². The molecule has 2 aromatic rings. The minimum Gasteiger partial charge on any atom is -0.355 e. The van der Waals surface area contributed by atoms with Crippen LogP contribution in [0.25, 0.3) is 0 Å². The number of para-hydroxylation sites is 1. The predicted molar refractivity (Wildman–Crippen MR) is 102 cm³/mol. The maximum atomic E-state index is 12.9. The summed E-state index contributed by atoms with van der Waals surface area (Å²) in [5.74, 6) is -0.171. The lowest BCUT2D eigenvalue weighted by atomic mass is 10.0. The van der Waals surface area contributed by atoms with E-state index in [9.17, 15) is 18.0 Å². The highest BCUT2D eigenvalue weighted by Gasteiger charge is 2.30. The van der Waals surface area contributed by atoms with Crippen LogP contribution in [0.15, 0.2) is 48.5 Å². The molecule has 1 aliphatic heterocycles. The number of nitrogens with zero attached hydrogens (tertiary/aromatic N) is 1. The van der Waals surface area contributed by atoms with E-state index in [1.807, 2.05) is 0 Å². The lowest BCUT2D eigenvalue weighted by Gasteiger charge is -2.31. The largest absolute Gasteiger partial charge is 0.416 e. The molecular formula is C19H21ClF3N3O. The van der Waals surface area contributed by atoms with Crippen LogP contribution in [-0.4, -0.2) is 29.9 Å². The molecule has 1 unspecified atom stereocenters. The summed E-state index contributed by atoms with van der Waals surface area (Å²) in [5.41, 5.74) is 6.36. The summed E-state index contributed by atoms with van der Waals surface area (Å²) in [6.07, 6.45) is -2.69. The number of benzene rings is 2. The van der Waals surface area contributed by atoms with Crippen molar-refractivity contribution in [2.24, 2.45) is 5.73 Å². The van der Waals surface area contributed by atoms with Crippen LogP contribution in [0.4, 0.5) is 24.5 Å². The van der Waals surface area contributed by atoms with Crippen molar-refractivity contribution in [3.8, 4) is 0 Å². The molecule has 1 amide bonds. The third-order valence-electron chi connectivity index (χ3n) is 4.37. The fourth-order valence-electron chi connectivity index (χ4n) is 3.07. The Hall–Kier alpha value is -2.25. The zero-order valence-corrected chi connectivity index (χ0v) is 15.3. The molecule has 1 heterocycles. The highest BCUT2D eigenvalue weighted by atomic mass is 35.5. The molecule has 1 atom stereocenters. The molecule has 1 saturated heterocycles. The number of halogens is 4. The van der Waals surface area contributed by atoms with Crippen molar-refractivity contribution in [1.29, 1.82) is 0 Å². The number of nitrogens with one attached hydrogen (secondary N) is 1. The summed E-state index contributed by atoms with van der Waals surface area (Å²) >= 11 is 0. The first-order chi connectivity index (χ1) is 12.3. The van der Waals surface area contributed by atoms with Crippen molar-refractivity contribution in [2.45, 2.75) is 25.1 Å². The van der Waals surface area contributed by atoms with Crippen LogP contribution in [0, 0.1) is 0 Å². The first-order valence-corrected chi connectivity index (χ1v) is 8.43. The number of nitrogens with two attached hydrogens (primary N) is 1. The molecule has 0 radical (unpaired) electrons. The minimum absolute atomic E-state index is 0. The molecule has 0 saturated carbocycles. The number of likely N-dealkylation sites (tertiary alicyclic amines) is 1. The van der Waals surface area contributed by atoms with Crippen LogP contribution in [0.1, 0.15) is 28.8 Å². The summed E-state index contributed by atoms with van der Waals surface area (Å²) in [6.45, 7) is 1.11. The van der Waals surface area contributed by atoms with Gasteiger partial charge in [0.05, 0.1) is 16.8 Å². The molecule has 0 spiro atoms. The summed E-state index contributed by atoms with van der Waals surface area (Å²) in [6, 6.07) is 11.7. The van der Waals surface area contributed by atoms with Crippen LogP contribution in [0.3, 0.4) is 0 Å². The van der Waals surface area contributed by atoms with Gasteiger partial charge in [0, 0.05) is 24.8 Å². The SMILES string of the molecule is Cl.NC1CCCN(C(=O)c2ccccc2Nc2cccc(C(F)(F)F)c2)C1. The summed E-state index contributed by atoms with van der Waals surface area (Å²) in [7, 11) is 0. The number of rotatable bonds is 3. The second-order valence-corrected chi connectivity index (χ2v) is 6.40. The second kappa shape index (κ2) is 8.63. The van der Waals surface area contributed by atoms with Crippen molar-refractivity contribution in [2.75, 3.05) is 18.4 Å². The Morgan fingerprint density at radius 1 is 1.15 bits per heavy atom. The molecule has 3 N–H and O–H groups in total. The number of piperidine rings is 1.